The van der Waals surface area contributed by atoms with Gasteiger partial charge in [-0.25, -0.2) is 0 Å². The van der Waals surface area contributed by atoms with Crippen molar-refractivity contribution in [3.05, 3.63) is 0 Å². The summed E-state index contributed by atoms with van der Waals surface area (Å²) in [6, 6.07) is 1.48. The van der Waals surface area contributed by atoms with Gasteiger partial charge in [0.05, 0.1) is 0 Å². The van der Waals surface area contributed by atoms with Crippen LogP contribution in [0.1, 0.15) is 81.1 Å². The van der Waals surface area contributed by atoms with Crippen molar-refractivity contribution in [2.24, 2.45) is 11.3 Å². The molecule has 1 aliphatic rings. The molecule has 1 rings (SSSR count). The van der Waals surface area contributed by atoms with Crippen molar-refractivity contribution in [2.75, 3.05) is 0 Å². The Morgan fingerprint density at radius 1 is 1.17 bits per heavy atom. The summed E-state index contributed by atoms with van der Waals surface area (Å²) >= 11 is 0. The number of piperidine rings is 1. The standard InChI is InChI=1S/C17H35N/c1-9-11-15-12-13(3)16(5,6)17(7,8)18(15)14(4)10-2/h13-15H,9-12H2,1-8H3. The summed E-state index contributed by atoms with van der Waals surface area (Å²) in [5.74, 6) is 0.810. The Bertz CT molecular complexity index is 267. The molecule has 0 aromatic rings. The molecule has 0 aromatic carbocycles. The lowest BCUT2D eigenvalue weighted by Crippen LogP contribution is -2.66. The molecule has 1 heterocycles. The van der Waals surface area contributed by atoms with Crippen LogP contribution in [0.3, 0.4) is 0 Å². The molecule has 108 valence electrons. The second kappa shape index (κ2) is 5.53. The molecule has 1 fully saturated rings. The molecule has 0 spiro atoms. The molecule has 0 bridgehead atoms. The minimum atomic E-state index is 0.292. The third-order valence-corrected chi connectivity index (χ3v) is 6.16. The highest BCUT2D eigenvalue weighted by Crippen LogP contribution is 2.50. The van der Waals surface area contributed by atoms with Gasteiger partial charge in [0, 0.05) is 17.6 Å². The van der Waals surface area contributed by atoms with Gasteiger partial charge >= 0.3 is 0 Å². The van der Waals surface area contributed by atoms with Crippen LogP contribution in [-0.2, 0) is 0 Å². The maximum atomic E-state index is 2.84. The first-order valence-corrected chi connectivity index (χ1v) is 7.98. The maximum absolute atomic E-state index is 2.84. The number of hydrogen-bond donors (Lipinski definition) is 0. The molecule has 18 heavy (non-hydrogen) atoms. The van der Waals surface area contributed by atoms with E-state index in [1.165, 1.54) is 25.7 Å². The summed E-state index contributed by atoms with van der Waals surface area (Å²) in [7, 11) is 0. The molecule has 1 nitrogen and oxygen atoms in total. The van der Waals surface area contributed by atoms with Gasteiger partial charge in [0.25, 0.3) is 0 Å². The van der Waals surface area contributed by atoms with Gasteiger partial charge in [0.1, 0.15) is 0 Å². The largest absolute Gasteiger partial charge is 0.292 e. The van der Waals surface area contributed by atoms with Crippen LogP contribution < -0.4 is 0 Å². The Kier molecular flexibility index (Phi) is 4.92. The highest BCUT2D eigenvalue weighted by molar-refractivity contribution is 5.05. The molecule has 0 aliphatic carbocycles. The molecule has 1 aliphatic heterocycles. The second-order valence-electron chi connectivity index (χ2n) is 7.52. The van der Waals surface area contributed by atoms with Gasteiger partial charge in [-0.1, -0.05) is 41.0 Å². The Morgan fingerprint density at radius 2 is 1.72 bits per heavy atom. The zero-order valence-corrected chi connectivity index (χ0v) is 14.0. The first kappa shape index (κ1) is 16.0. The van der Waals surface area contributed by atoms with Crippen molar-refractivity contribution in [3.63, 3.8) is 0 Å². The summed E-state index contributed by atoms with van der Waals surface area (Å²) in [5.41, 5.74) is 0.681. The number of hydrogen-bond acceptors (Lipinski definition) is 1. The van der Waals surface area contributed by atoms with E-state index in [1.54, 1.807) is 0 Å². The molecule has 0 radical (unpaired) electrons. The summed E-state index contributed by atoms with van der Waals surface area (Å²) in [4.78, 5) is 2.84. The van der Waals surface area contributed by atoms with Crippen molar-refractivity contribution in [2.45, 2.75) is 98.7 Å². The topological polar surface area (TPSA) is 3.24 Å². The van der Waals surface area contributed by atoms with Crippen LogP contribution in [-0.4, -0.2) is 22.5 Å². The first-order valence-electron chi connectivity index (χ1n) is 7.98. The van der Waals surface area contributed by atoms with Crippen molar-refractivity contribution in [3.8, 4) is 0 Å². The summed E-state index contributed by atoms with van der Waals surface area (Å²) in [6.07, 6.45) is 5.29. The molecule has 3 atom stereocenters. The van der Waals surface area contributed by atoms with Gasteiger partial charge in [-0.2, -0.15) is 0 Å². The average Bonchev–Trinajstić information content (AvgIpc) is 2.26. The van der Waals surface area contributed by atoms with Gasteiger partial charge in [0.2, 0.25) is 0 Å². The molecule has 1 saturated heterocycles. The predicted molar refractivity (Wildman–Crippen MR) is 81.9 cm³/mol. The van der Waals surface area contributed by atoms with Crippen LogP contribution >= 0.6 is 0 Å². The quantitative estimate of drug-likeness (QED) is 0.673. The Hall–Kier alpha value is -0.0400. The number of nitrogens with zero attached hydrogens (tertiary/aromatic N) is 1. The fourth-order valence-electron chi connectivity index (χ4n) is 3.91. The highest BCUT2D eigenvalue weighted by atomic mass is 15.3. The molecule has 0 amide bonds. The van der Waals surface area contributed by atoms with Crippen molar-refractivity contribution in [1.29, 1.82) is 0 Å². The third kappa shape index (κ3) is 2.48. The summed E-state index contributed by atoms with van der Waals surface area (Å²) < 4.78 is 0. The predicted octanol–water partition coefficient (Wildman–Crippen LogP) is 5.10. The van der Waals surface area contributed by atoms with E-state index in [9.17, 15) is 0 Å². The monoisotopic (exact) mass is 253 g/mol. The van der Waals surface area contributed by atoms with Crippen LogP contribution in [0.25, 0.3) is 0 Å². The van der Waals surface area contributed by atoms with Crippen LogP contribution in [0, 0.1) is 11.3 Å². The van der Waals surface area contributed by atoms with E-state index in [1.807, 2.05) is 0 Å². The Balaban J connectivity index is 3.11. The summed E-state index contributed by atoms with van der Waals surface area (Å²) in [5, 5.41) is 0. The fourth-order valence-corrected chi connectivity index (χ4v) is 3.91. The zero-order chi connectivity index (χ0) is 14.1. The van der Waals surface area contributed by atoms with E-state index >= 15 is 0 Å². The lowest BCUT2D eigenvalue weighted by atomic mass is 9.60. The van der Waals surface area contributed by atoms with E-state index in [-0.39, 0.29) is 0 Å². The van der Waals surface area contributed by atoms with Crippen LogP contribution in [0.2, 0.25) is 0 Å². The molecule has 0 saturated carbocycles. The van der Waals surface area contributed by atoms with Gasteiger partial charge in [-0.3, -0.25) is 4.90 Å². The molecule has 0 N–H and O–H groups in total. The van der Waals surface area contributed by atoms with Crippen LogP contribution in [0.4, 0.5) is 0 Å². The summed E-state index contributed by atoms with van der Waals surface area (Å²) in [6.45, 7) is 19.4. The molecule has 3 unspecified atom stereocenters. The van der Waals surface area contributed by atoms with Gasteiger partial charge in [0.15, 0.2) is 0 Å². The zero-order valence-electron chi connectivity index (χ0n) is 14.0. The normalized spacial score (nSPS) is 33.3. The van der Waals surface area contributed by atoms with Crippen LogP contribution in [0.15, 0.2) is 0 Å². The Morgan fingerprint density at radius 3 is 2.17 bits per heavy atom. The molecule has 0 aromatic heterocycles. The molecular formula is C17H35N. The maximum Gasteiger partial charge on any atom is 0.0212 e. The smallest absolute Gasteiger partial charge is 0.0212 e. The SMILES string of the molecule is CCCC1CC(C)C(C)(C)C(C)(C)N1C(C)CC. The van der Waals surface area contributed by atoms with E-state index in [4.69, 9.17) is 0 Å². The Labute approximate surface area is 115 Å². The fraction of sp³-hybridized carbons (Fsp3) is 1.00. The second-order valence-corrected chi connectivity index (χ2v) is 7.52. The van der Waals surface area contributed by atoms with Gasteiger partial charge in [-0.05, 0) is 51.4 Å². The van der Waals surface area contributed by atoms with Crippen molar-refractivity contribution >= 4 is 0 Å². The van der Waals surface area contributed by atoms with E-state index < -0.39 is 0 Å². The third-order valence-electron chi connectivity index (χ3n) is 6.16. The van der Waals surface area contributed by atoms with Gasteiger partial charge in [-0.15, -0.1) is 0 Å². The van der Waals surface area contributed by atoms with Crippen LogP contribution in [0.5, 0.6) is 0 Å². The lowest BCUT2D eigenvalue weighted by molar-refractivity contribution is -0.120. The van der Waals surface area contributed by atoms with E-state index in [0.717, 1.165) is 12.0 Å². The highest BCUT2D eigenvalue weighted by Gasteiger charge is 2.52. The minimum absolute atomic E-state index is 0.292. The number of rotatable bonds is 4. The van der Waals surface area contributed by atoms with E-state index in [0.29, 0.717) is 17.0 Å². The number of likely N-dealkylation sites (tertiary alicyclic amines) is 1. The van der Waals surface area contributed by atoms with Crippen molar-refractivity contribution in [1.82, 2.24) is 4.90 Å². The molecule has 1 heteroatoms. The minimum Gasteiger partial charge on any atom is -0.292 e. The first-order chi connectivity index (χ1) is 8.20. The molecular weight excluding hydrogens is 218 g/mol. The average molecular weight is 253 g/mol. The van der Waals surface area contributed by atoms with Gasteiger partial charge < -0.3 is 0 Å². The lowest BCUT2D eigenvalue weighted by Gasteiger charge is -2.62. The van der Waals surface area contributed by atoms with Crippen molar-refractivity contribution < 1.29 is 0 Å². The van der Waals surface area contributed by atoms with E-state index in [2.05, 4.69) is 60.3 Å².